The number of methoxy groups -OCH3 is 1. The Balaban J connectivity index is 3.10. The van der Waals surface area contributed by atoms with Gasteiger partial charge in [0.2, 0.25) is 0 Å². The molecule has 0 atom stereocenters. The Kier molecular flexibility index (Phi) is 2.15. The second kappa shape index (κ2) is 3.09. The van der Waals surface area contributed by atoms with Gasteiger partial charge in [-0.2, -0.15) is 5.26 Å². The zero-order chi connectivity index (χ0) is 9.14. The summed E-state index contributed by atoms with van der Waals surface area (Å²) in [4.78, 5) is 13.6. The summed E-state index contributed by atoms with van der Waals surface area (Å²) in [5.41, 5.74) is 1.43. The number of aromatic nitrogens is 1. The third-order valence-electron chi connectivity index (χ3n) is 1.52. The molecule has 0 saturated heterocycles. The lowest BCUT2D eigenvalue weighted by atomic mass is 10.2. The molecule has 1 heterocycles. The van der Waals surface area contributed by atoms with Crippen LogP contribution in [0.15, 0.2) is 6.07 Å². The maximum atomic E-state index is 11.0. The minimum atomic E-state index is -0.450. The molecular weight excluding hydrogens is 156 g/mol. The van der Waals surface area contributed by atoms with Crippen molar-refractivity contribution in [2.75, 3.05) is 7.11 Å². The number of H-pyrrole nitrogens is 1. The second-order valence-electron chi connectivity index (χ2n) is 2.34. The van der Waals surface area contributed by atoms with Crippen molar-refractivity contribution in [2.24, 2.45) is 0 Å². The van der Waals surface area contributed by atoms with Crippen molar-refractivity contribution < 1.29 is 9.53 Å². The quantitative estimate of drug-likeness (QED) is 0.629. The van der Waals surface area contributed by atoms with Crippen molar-refractivity contribution >= 4 is 5.97 Å². The molecule has 0 aliphatic carbocycles. The molecule has 1 aromatic heterocycles. The van der Waals surface area contributed by atoms with Gasteiger partial charge >= 0.3 is 5.97 Å². The predicted molar refractivity (Wildman–Crippen MR) is 41.6 cm³/mol. The van der Waals surface area contributed by atoms with Gasteiger partial charge in [0.05, 0.1) is 7.11 Å². The van der Waals surface area contributed by atoms with Crippen molar-refractivity contribution in [3.63, 3.8) is 0 Å². The first-order valence-electron chi connectivity index (χ1n) is 3.37. The number of carbonyl (C=O) groups excluding carboxylic acids is 1. The Morgan fingerprint density at radius 1 is 1.75 bits per heavy atom. The van der Waals surface area contributed by atoms with Gasteiger partial charge in [0.25, 0.3) is 0 Å². The highest BCUT2D eigenvalue weighted by atomic mass is 16.5. The fourth-order valence-corrected chi connectivity index (χ4v) is 0.932. The topological polar surface area (TPSA) is 65.9 Å². The number of aromatic amines is 1. The molecule has 0 saturated carbocycles. The van der Waals surface area contributed by atoms with Gasteiger partial charge in [-0.25, -0.2) is 4.79 Å². The summed E-state index contributed by atoms with van der Waals surface area (Å²) in [6.45, 7) is 1.74. The maximum Gasteiger partial charge on any atom is 0.354 e. The molecule has 0 aliphatic heterocycles. The highest BCUT2D eigenvalue weighted by Gasteiger charge is 2.11. The van der Waals surface area contributed by atoms with Crippen LogP contribution in [0, 0.1) is 18.3 Å². The summed E-state index contributed by atoms with van der Waals surface area (Å²) in [6.07, 6.45) is 0. The van der Waals surface area contributed by atoms with E-state index in [1.165, 1.54) is 7.11 Å². The SMILES string of the molecule is COC(=O)c1[nH]c(C#N)cc1C. The van der Waals surface area contributed by atoms with Gasteiger partial charge in [-0.3, -0.25) is 0 Å². The lowest BCUT2D eigenvalue weighted by molar-refractivity contribution is 0.0594. The molecule has 0 unspecified atom stereocenters. The number of nitrogens with zero attached hydrogens (tertiary/aromatic N) is 1. The third kappa shape index (κ3) is 1.30. The number of carbonyl (C=O) groups is 1. The van der Waals surface area contributed by atoms with Crippen LogP contribution in [0.2, 0.25) is 0 Å². The van der Waals surface area contributed by atoms with Crippen molar-refractivity contribution in [3.05, 3.63) is 23.0 Å². The highest BCUT2D eigenvalue weighted by molar-refractivity contribution is 5.89. The third-order valence-corrected chi connectivity index (χ3v) is 1.52. The van der Waals surface area contributed by atoms with Gasteiger partial charge in [0, 0.05) is 0 Å². The number of nitriles is 1. The lowest BCUT2D eigenvalue weighted by Crippen LogP contribution is -2.03. The number of nitrogens with one attached hydrogen (secondary N) is 1. The summed E-state index contributed by atoms with van der Waals surface area (Å²) >= 11 is 0. The van der Waals surface area contributed by atoms with Crippen molar-refractivity contribution in [2.45, 2.75) is 6.92 Å². The van der Waals surface area contributed by atoms with Crippen LogP contribution in [0.3, 0.4) is 0 Å². The smallest absolute Gasteiger partial charge is 0.354 e. The molecule has 0 aromatic carbocycles. The van der Waals surface area contributed by atoms with Gasteiger partial charge in [-0.1, -0.05) is 0 Å². The number of ether oxygens (including phenoxy) is 1. The van der Waals surface area contributed by atoms with Crippen LogP contribution < -0.4 is 0 Å². The van der Waals surface area contributed by atoms with Gasteiger partial charge < -0.3 is 9.72 Å². The number of rotatable bonds is 1. The van der Waals surface area contributed by atoms with Crippen molar-refractivity contribution in [3.8, 4) is 6.07 Å². The lowest BCUT2D eigenvalue weighted by Gasteiger charge is -1.95. The number of hydrogen-bond acceptors (Lipinski definition) is 3. The maximum absolute atomic E-state index is 11.0. The van der Waals surface area contributed by atoms with E-state index in [9.17, 15) is 4.79 Å². The minimum Gasteiger partial charge on any atom is -0.464 e. The summed E-state index contributed by atoms with van der Waals surface area (Å²) in [5, 5.41) is 8.50. The van der Waals surface area contributed by atoms with Crippen LogP contribution in [-0.4, -0.2) is 18.1 Å². The van der Waals surface area contributed by atoms with E-state index < -0.39 is 5.97 Å². The molecule has 0 fully saturated rings. The van der Waals surface area contributed by atoms with E-state index in [-0.39, 0.29) is 0 Å². The largest absolute Gasteiger partial charge is 0.464 e. The average molecular weight is 164 g/mol. The minimum absolute atomic E-state index is 0.342. The zero-order valence-electron chi connectivity index (χ0n) is 6.84. The Hall–Kier alpha value is -1.76. The van der Waals surface area contributed by atoms with Crippen LogP contribution in [-0.2, 0) is 4.74 Å². The monoisotopic (exact) mass is 164 g/mol. The van der Waals surface area contributed by atoms with E-state index >= 15 is 0 Å². The first-order valence-corrected chi connectivity index (χ1v) is 3.37. The summed E-state index contributed by atoms with van der Waals surface area (Å²) in [7, 11) is 1.30. The molecule has 12 heavy (non-hydrogen) atoms. The molecule has 0 amide bonds. The van der Waals surface area contributed by atoms with Crippen LogP contribution in [0.5, 0.6) is 0 Å². The van der Waals surface area contributed by atoms with E-state index in [4.69, 9.17) is 5.26 Å². The van der Waals surface area contributed by atoms with Gasteiger partial charge in [-0.05, 0) is 18.6 Å². The molecule has 1 N–H and O–H groups in total. The van der Waals surface area contributed by atoms with Crippen LogP contribution >= 0.6 is 0 Å². The molecule has 62 valence electrons. The zero-order valence-corrected chi connectivity index (χ0v) is 6.84. The van der Waals surface area contributed by atoms with E-state index in [0.29, 0.717) is 11.4 Å². The molecule has 0 radical (unpaired) electrons. The van der Waals surface area contributed by atoms with Crippen LogP contribution in [0.1, 0.15) is 21.7 Å². The van der Waals surface area contributed by atoms with Gasteiger partial charge in [-0.15, -0.1) is 0 Å². The van der Waals surface area contributed by atoms with E-state index in [1.807, 2.05) is 6.07 Å². The molecular formula is C8H8N2O2. The standard InChI is InChI=1S/C8H8N2O2/c1-5-3-6(4-9)10-7(5)8(11)12-2/h3,10H,1-2H3. The van der Waals surface area contributed by atoms with Crippen molar-refractivity contribution in [1.29, 1.82) is 5.26 Å². The fourth-order valence-electron chi connectivity index (χ4n) is 0.932. The second-order valence-corrected chi connectivity index (χ2v) is 2.34. The van der Waals surface area contributed by atoms with Gasteiger partial charge in [0.15, 0.2) is 0 Å². The Morgan fingerprint density at radius 3 is 2.83 bits per heavy atom. The Bertz CT molecular complexity index is 346. The number of aryl methyl sites for hydroxylation is 1. The molecule has 4 nitrogen and oxygen atoms in total. The summed E-state index contributed by atoms with van der Waals surface area (Å²) in [5.74, 6) is -0.450. The Labute approximate surface area is 69.8 Å². The molecule has 1 aromatic rings. The van der Waals surface area contributed by atoms with Crippen LogP contribution in [0.25, 0.3) is 0 Å². The normalized spacial score (nSPS) is 9.08. The number of hydrogen-bond donors (Lipinski definition) is 1. The van der Waals surface area contributed by atoms with E-state index in [1.54, 1.807) is 13.0 Å². The van der Waals surface area contributed by atoms with Gasteiger partial charge in [0.1, 0.15) is 17.5 Å². The first-order chi connectivity index (χ1) is 5.69. The van der Waals surface area contributed by atoms with Crippen LogP contribution in [0.4, 0.5) is 0 Å². The first kappa shape index (κ1) is 8.34. The molecule has 1 rings (SSSR count). The highest BCUT2D eigenvalue weighted by Crippen LogP contribution is 2.09. The summed E-state index contributed by atoms with van der Waals surface area (Å²) < 4.78 is 4.50. The Morgan fingerprint density at radius 2 is 2.42 bits per heavy atom. The summed E-state index contributed by atoms with van der Waals surface area (Å²) in [6, 6.07) is 3.51. The van der Waals surface area contributed by atoms with E-state index in [2.05, 4.69) is 9.72 Å². The fraction of sp³-hybridized carbons (Fsp3) is 0.250. The molecule has 0 aliphatic rings. The van der Waals surface area contributed by atoms with Crippen molar-refractivity contribution in [1.82, 2.24) is 4.98 Å². The number of esters is 1. The van der Waals surface area contributed by atoms with E-state index in [0.717, 1.165) is 5.56 Å². The predicted octanol–water partition coefficient (Wildman–Crippen LogP) is 0.981. The molecule has 0 spiro atoms. The molecule has 4 heteroatoms. The average Bonchev–Trinajstić information content (AvgIpc) is 2.45. The molecule has 0 bridgehead atoms.